The highest BCUT2D eigenvalue weighted by atomic mass is 16.4. The molecule has 8 heteroatoms. The Morgan fingerprint density at radius 3 is 2.14 bits per heavy atom. The highest BCUT2D eigenvalue weighted by molar-refractivity contribution is 6.27. The molecule has 1 aromatic heterocycles. The second-order valence-corrected chi connectivity index (χ2v) is 6.92. The number of carboxylic acid groups (broad SMARTS) is 2. The topological polar surface area (TPSA) is 116 Å². The highest BCUT2D eigenvalue weighted by Crippen LogP contribution is 2.25. The number of carboxylic acids is 2. The Bertz CT molecular complexity index is 1020. The molecule has 4 rings (SSSR count). The van der Waals surface area contributed by atoms with E-state index < -0.39 is 11.9 Å². The maximum absolute atomic E-state index is 12.3. The van der Waals surface area contributed by atoms with Crippen LogP contribution in [0.15, 0.2) is 59.4 Å². The first-order valence-corrected chi connectivity index (χ1v) is 9.37. The maximum atomic E-state index is 12.3. The first-order valence-electron chi connectivity index (χ1n) is 9.37. The summed E-state index contributed by atoms with van der Waals surface area (Å²) < 4.78 is 1.95. The SMILES string of the molecule is O=C(O)C(=O)O.O=c1[nH]c2ccccc2n1C1CCN(Cc2ccccc2)CC1. The number of aliphatic carboxylic acids is 2. The standard InChI is InChI=1S/C19H21N3O.C2H2O4/c23-19-20-17-8-4-5-9-18(17)22(19)16-10-12-21(13-11-16)14-15-6-2-1-3-7-15;3-1(4)2(5)6/h1-9,16H,10-14H2,(H,20,23);(H,3,4)(H,5,6). The van der Waals surface area contributed by atoms with E-state index in [1.54, 1.807) is 0 Å². The second kappa shape index (κ2) is 9.20. The number of carbonyl (C=O) groups is 2. The lowest BCUT2D eigenvalue weighted by Gasteiger charge is -2.32. The number of aromatic nitrogens is 2. The lowest BCUT2D eigenvalue weighted by atomic mass is 10.0. The van der Waals surface area contributed by atoms with Crippen LogP contribution in [0.5, 0.6) is 0 Å². The number of rotatable bonds is 3. The average Bonchev–Trinajstić information content (AvgIpc) is 3.05. The summed E-state index contributed by atoms with van der Waals surface area (Å²) in [7, 11) is 0. The molecule has 0 atom stereocenters. The van der Waals surface area contributed by atoms with E-state index in [4.69, 9.17) is 19.8 Å². The maximum Gasteiger partial charge on any atom is 0.414 e. The van der Waals surface area contributed by atoms with Crippen LogP contribution in [0.1, 0.15) is 24.4 Å². The van der Waals surface area contributed by atoms with Crippen molar-refractivity contribution in [2.75, 3.05) is 13.1 Å². The molecule has 0 unspecified atom stereocenters. The number of benzene rings is 2. The molecule has 1 saturated heterocycles. The summed E-state index contributed by atoms with van der Waals surface area (Å²) >= 11 is 0. The Kier molecular flexibility index (Phi) is 6.46. The quantitative estimate of drug-likeness (QED) is 0.584. The summed E-state index contributed by atoms with van der Waals surface area (Å²) in [6.07, 6.45) is 2.04. The molecule has 1 aliphatic rings. The van der Waals surface area contributed by atoms with Crippen molar-refractivity contribution in [3.63, 3.8) is 0 Å². The van der Waals surface area contributed by atoms with Gasteiger partial charge in [0.25, 0.3) is 0 Å². The van der Waals surface area contributed by atoms with E-state index in [1.165, 1.54) is 5.56 Å². The number of aromatic amines is 1. The molecule has 0 saturated carbocycles. The van der Waals surface area contributed by atoms with Crippen LogP contribution in [0.3, 0.4) is 0 Å². The smallest absolute Gasteiger partial charge is 0.414 e. The third kappa shape index (κ3) is 5.11. The molecule has 0 aliphatic carbocycles. The number of para-hydroxylation sites is 2. The van der Waals surface area contributed by atoms with Gasteiger partial charge in [0.2, 0.25) is 0 Å². The van der Waals surface area contributed by atoms with Crippen molar-refractivity contribution in [2.24, 2.45) is 0 Å². The van der Waals surface area contributed by atoms with Gasteiger partial charge in [0.05, 0.1) is 11.0 Å². The molecule has 2 heterocycles. The Balaban J connectivity index is 0.000000353. The lowest BCUT2D eigenvalue weighted by Crippen LogP contribution is -2.36. The molecular formula is C21H23N3O5. The van der Waals surface area contributed by atoms with Crippen molar-refractivity contribution in [1.29, 1.82) is 0 Å². The Morgan fingerprint density at radius 1 is 0.931 bits per heavy atom. The summed E-state index contributed by atoms with van der Waals surface area (Å²) in [6.45, 7) is 3.06. The molecule has 3 aromatic rings. The molecule has 152 valence electrons. The van der Waals surface area contributed by atoms with Crippen LogP contribution in [0.2, 0.25) is 0 Å². The Hall–Kier alpha value is -3.39. The summed E-state index contributed by atoms with van der Waals surface area (Å²) in [5.41, 5.74) is 3.34. The summed E-state index contributed by atoms with van der Waals surface area (Å²) in [5.74, 6) is -3.65. The molecule has 8 nitrogen and oxygen atoms in total. The number of piperidine rings is 1. The van der Waals surface area contributed by atoms with Crippen molar-refractivity contribution in [1.82, 2.24) is 14.5 Å². The fourth-order valence-electron chi connectivity index (χ4n) is 3.61. The van der Waals surface area contributed by atoms with Crippen molar-refractivity contribution < 1.29 is 19.8 Å². The van der Waals surface area contributed by atoms with Crippen molar-refractivity contribution in [3.05, 3.63) is 70.6 Å². The minimum absolute atomic E-state index is 0.0210. The van der Waals surface area contributed by atoms with E-state index in [0.29, 0.717) is 6.04 Å². The summed E-state index contributed by atoms with van der Waals surface area (Å²) in [6, 6.07) is 18.8. The summed E-state index contributed by atoms with van der Waals surface area (Å²) in [4.78, 5) is 36.0. The van der Waals surface area contributed by atoms with Gasteiger partial charge < -0.3 is 15.2 Å². The third-order valence-electron chi connectivity index (χ3n) is 4.98. The second-order valence-electron chi connectivity index (χ2n) is 6.92. The zero-order valence-corrected chi connectivity index (χ0v) is 15.8. The molecule has 2 aromatic carbocycles. The van der Waals surface area contributed by atoms with Gasteiger partial charge in [0, 0.05) is 25.7 Å². The third-order valence-corrected chi connectivity index (χ3v) is 4.98. The number of hydrogen-bond acceptors (Lipinski definition) is 4. The van der Waals surface area contributed by atoms with Crippen molar-refractivity contribution >= 4 is 23.0 Å². The first kappa shape index (κ1) is 20.3. The van der Waals surface area contributed by atoms with Crippen LogP contribution in [0, 0.1) is 0 Å². The van der Waals surface area contributed by atoms with Gasteiger partial charge in [-0.2, -0.15) is 0 Å². The Labute approximate surface area is 167 Å². The molecule has 3 N–H and O–H groups in total. The predicted molar refractivity (Wildman–Crippen MR) is 108 cm³/mol. The van der Waals surface area contributed by atoms with E-state index in [1.807, 2.05) is 28.8 Å². The molecule has 0 amide bonds. The molecular weight excluding hydrogens is 374 g/mol. The van der Waals surface area contributed by atoms with E-state index in [2.05, 4.69) is 40.2 Å². The largest absolute Gasteiger partial charge is 0.473 e. The average molecular weight is 397 g/mol. The number of H-pyrrole nitrogens is 1. The van der Waals surface area contributed by atoms with Crippen LogP contribution in [0.25, 0.3) is 11.0 Å². The fraction of sp³-hybridized carbons (Fsp3) is 0.286. The molecule has 0 spiro atoms. The van der Waals surface area contributed by atoms with Crippen LogP contribution in [-0.2, 0) is 16.1 Å². The monoisotopic (exact) mass is 397 g/mol. The lowest BCUT2D eigenvalue weighted by molar-refractivity contribution is -0.159. The zero-order valence-electron chi connectivity index (χ0n) is 15.8. The minimum Gasteiger partial charge on any atom is -0.473 e. The van der Waals surface area contributed by atoms with Crippen LogP contribution >= 0.6 is 0 Å². The van der Waals surface area contributed by atoms with Gasteiger partial charge in [-0.3, -0.25) is 9.47 Å². The van der Waals surface area contributed by atoms with Gasteiger partial charge in [-0.25, -0.2) is 14.4 Å². The number of hydrogen-bond donors (Lipinski definition) is 3. The normalized spacial score (nSPS) is 14.9. The molecule has 29 heavy (non-hydrogen) atoms. The highest BCUT2D eigenvalue weighted by Gasteiger charge is 2.23. The van der Waals surface area contributed by atoms with E-state index in [9.17, 15) is 4.79 Å². The fourth-order valence-corrected chi connectivity index (χ4v) is 3.61. The number of nitrogens with zero attached hydrogens (tertiary/aromatic N) is 2. The van der Waals surface area contributed by atoms with Crippen molar-refractivity contribution in [3.8, 4) is 0 Å². The number of likely N-dealkylation sites (tertiary alicyclic amines) is 1. The van der Waals surface area contributed by atoms with Gasteiger partial charge in [-0.1, -0.05) is 42.5 Å². The molecule has 0 radical (unpaired) electrons. The Morgan fingerprint density at radius 2 is 1.52 bits per heavy atom. The van der Waals surface area contributed by atoms with E-state index in [0.717, 1.165) is 43.5 Å². The van der Waals surface area contributed by atoms with Gasteiger partial charge in [0.15, 0.2) is 0 Å². The molecule has 1 fully saturated rings. The van der Waals surface area contributed by atoms with Gasteiger partial charge in [-0.15, -0.1) is 0 Å². The van der Waals surface area contributed by atoms with E-state index >= 15 is 0 Å². The predicted octanol–water partition coefficient (Wildman–Crippen LogP) is 2.32. The van der Waals surface area contributed by atoms with Gasteiger partial charge in [-0.05, 0) is 30.5 Å². The number of imidazole rings is 1. The number of nitrogens with one attached hydrogen (secondary N) is 1. The first-order chi connectivity index (χ1) is 14.0. The van der Waals surface area contributed by atoms with Crippen LogP contribution in [0.4, 0.5) is 0 Å². The summed E-state index contributed by atoms with van der Waals surface area (Å²) in [5, 5.41) is 14.8. The van der Waals surface area contributed by atoms with E-state index in [-0.39, 0.29) is 5.69 Å². The van der Waals surface area contributed by atoms with Crippen molar-refractivity contribution in [2.45, 2.75) is 25.4 Å². The number of fused-ring (bicyclic) bond motifs is 1. The zero-order chi connectivity index (χ0) is 20.8. The van der Waals surface area contributed by atoms with Crippen LogP contribution in [-0.4, -0.2) is 49.7 Å². The molecule has 1 aliphatic heterocycles. The van der Waals surface area contributed by atoms with Gasteiger partial charge >= 0.3 is 17.6 Å². The van der Waals surface area contributed by atoms with Gasteiger partial charge in [0.1, 0.15) is 0 Å². The minimum atomic E-state index is -1.82. The van der Waals surface area contributed by atoms with Crippen LogP contribution < -0.4 is 5.69 Å². The molecule has 0 bridgehead atoms.